The monoisotopic (exact) mass is 289 g/mol. The Kier molecular flexibility index (Phi) is 4.70. The summed E-state index contributed by atoms with van der Waals surface area (Å²) in [5.41, 5.74) is 0.844. The van der Waals surface area contributed by atoms with Crippen LogP contribution in [-0.2, 0) is 14.8 Å². The molecule has 1 aromatic heterocycles. The maximum absolute atomic E-state index is 12.6. The van der Waals surface area contributed by atoms with Gasteiger partial charge in [0, 0.05) is 12.6 Å². The zero-order chi connectivity index (χ0) is 14.8. The number of aromatic nitrogens is 2. The van der Waals surface area contributed by atoms with Crippen molar-refractivity contribution in [1.82, 2.24) is 14.5 Å². The Hall–Kier alpha value is -1.41. The number of carboxylic acid groups (broad SMARTS) is 1. The van der Waals surface area contributed by atoms with Crippen molar-refractivity contribution in [3.63, 3.8) is 0 Å². The Morgan fingerprint density at radius 3 is 2.37 bits per heavy atom. The van der Waals surface area contributed by atoms with Gasteiger partial charge in [0.05, 0.1) is 17.8 Å². The van der Waals surface area contributed by atoms with Gasteiger partial charge in [-0.3, -0.25) is 9.89 Å². The maximum atomic E-state index is 12.6. The summed E-state index contributed by atoms with van der Waals surface area (Å²) in [6, 6.07) is -0.321. The highest BCUT2D eigenvalue weighted by molar-refractivity contribution is 7.89. The average Bonchev–Trinajstić information content (AvgIpc) is 2.57. The lowest BCUT2D eigenvalue weighted by Gasteiger charge is -2.25. The van der Waals surface area contributed by atoms with Gasteiger partial charge < -0.3 is 5.11 Å². The third-order valence-electron chi connectivity index (χ3n) is 2.75. The highest BCUT2D eigenvalue weighted by Gasteiger charge is 2.31. The van der Waals surface area contributed by atoms with E-state index >= 15 is 0 Å². The Balaban J connectivity index is 3.17. The van der Waals surface area contributed by atoms with Crippen LogP contribution in [0.4, 0.5) is 0 Å². The summed E-state index contributed by atoms with van der Waals surface area (Å²) in [6.07, 6.45) is -0.229. The van der Waals surface area contributed by atoms with Crippen molar-refractivity contribution in [3.05, 3.63) is 11.4 Å². The van der Waals surface area contributed by atoms with Crippen molar-refractivity contribution in [3.8, 4) is 0 Å². The second-order valence-electron chi connectivity index (χ2n) is 4.62. The number of aromatic amines is 1. The highest BCUT2D eigenvalue weighted by Crippen LogP contribution is 2.23. The standard InChI is InChI=1S/C11H19N3O4S/c1-7(2)14(6-5-10(15)16)19(17,18)11-8(3)12-13-9(11)4/h7H,5-6H2,1-4H3,(H,12,13)(H,15,16). The molecule has 1 rings (SSSR count). The van der Waals surface area contributed by atoms with Gasteiger partial charge in [0.2, 0.25) is 10.0 Å². The van der Waals surface area contributed by atoms with E-state index in [1.807, 2.05) is 0 Å². The smallest absolute Gasteiger partial charge is 0.304 e. The molecule has 19 heavy (non-hydrogen) atoms. The summed E-state index contributed by atoms with van der Waals surface area (Å²) >= 11 is 0. The van der Waals surface area contributed by atoms with E-state index in [1.54, 1.807) is 27.7 Å². The van der Waals surface area contributed by atoms with Crippen molar-refractivity contribution in [2.24, 2.45) is 0 Å². The summed E-state index contributed by atoms with van der Waals surface area (Å²) in [5.74, 6) is -1.03. The van der Waals surface area contributed by atoms with Crippen molar-refractivity contribution < 1.29 is 18.3 Å². The molecule has 0 bridgehead atoms. The minimum absolute atomic E-state index is 0.0562. The van der Waals surface area contributed by atoms with Crippen molar-refractivity contribution in [2.75, 3.05) is 6.54 Å². The van der Waals surface area contributed by atoms with E-state index in [4.69, 9.17) is 5.11 Å². The first-order valence-corrected chi connectivity index (χ1v) is 7.37. The van der Waals surface area contributed by atoms with Gasteiger partial charge in [0.25, 0.3) is 0 Å². The molecule has 2 N–H and O–H groups in total. The molecule has 0 radical (unpaired) electrons. The summed E-state index contributed by atoms with van der Waals surface area (Å²) in [5, 5.41) is 15.2. The molecule has 1 heterocycles. The van der Waals surface area contributed by atoms with Gasteiger partial charge in [-0.1, -0.05) is 0 Å². The normalized spacial score (nSPS) is 12.3. The molecule has 7 nitrogen and oxygen atoms in total. The number of H-pyrrole nitrogens is 1. The Morgan fingerprint density at radius 1 is 1.42 bits per heavy atom. The fourth-order valence-corrected chi connectivity index (χ4v) is 3.87. The molecule has 0 amide bonds. The van der Waals surface area contributed by atoms with Crippen LogP contribution >= 0.6 is 0 Å². The first-order chi connectivity index (χ1) is 8.67. The molecular weight excluding hydrogens is 270 g/mol. The third kappa shape index (κ3) is 3.32. The van der Waals surface area contributed by atoms with E-state index in [9.17, 15) is 13.2 Å². The SMILES string of the molecule is Cc1n[nH]c(C)c1S(=O)(=O)N(CCC(=O)O)C(C)C. The zero-order valence-corrected chi connectivity index (χ0v) is 12.3. The fraction of sp³-hybridized carbons (Fsp3) is 0.636. The van der Waals surface area contributed by atoms with Crippen LogP contribution in [0.1, 0.15) is 31.7 Å². The molecule has 1 aromatic rings. The van der Waals surface area contributed by atoms with E-state index < -0.39 is 16.0 Å². The summed E-state index contributed by atoms with van der Waals surface area (Å²) in [6.45, 7) is 6.60. The van der Waals surface area contributed by atoms with Crippen LogP contribution in [0.3, 0.4) is 0 Å². The van der Waals surface area contributed by atoms with Crippen LogP contribution in [0.5, 0.6) is 0 Å². The molecule has 0 fully saturated rings. The molecule has 0 saturated carbocycles. The van der Waals surface area contributed by atoms with E-state index in [0.717, 1.165) is 0 Å². The number of carboxylic acids is 1. The number of nitrogens with zero attached hydrogens (tertiary/aromatic N) is 2. The molecule has 0 aromatic carbocycles. The van der Waals surface area contributed by atoms with E-state index in [-0.39, 0.29) is 23.9 Å². The van der Waals surface area contributed by atoms with Gasteiger partial charge in [0.1, 0.15) is 4.90 Å². The van der Waals surface area contributed by atoms with Gasteiger partial charge in [-0.15, -0.1) is 0 Å². The summed E-state index contributed by atoms with van der Waals surface area (Å²) in [7, 11) is -3.74. The molecule has 0 unspecified atom stereocenters. The highest BCUT2D eigenvalue weighted by atomic mass is 32.2. The predicted molar refractivity (Wildman–Crippen MR) is 69.3 cm³/mol. The van der Waals surface area contributed by atoms with Crippen molar-refractivity contribution in [2.45, 2.75) is 45.1 Å². The molecule has 8 heteroatoms. The minimum atomic E-state index is -3.74. The maximum Gasteiger partial charge on any atom is 0.304 e. The van der Waals surface area contributed by atoms with Crippen LogP contribution in [-0.4, -0.2) is 46.6 Å². The number of carbonyl (C=O) groups is 1. The largest absolute Gasteiger partial charge is 0.481 e. The molecule has 0 aliphatic heterocycles. The Bertz CT molecular complexity index is 543. The van der Waals surface area contributed by atoms with Crippen LogP contribution in [0.25, 0.3) is 0 Å². The number of hydrogen-bond donors (Lipinski definition) is 2. The molecule has 108 valence electrons. The second kappa shape index (κ2) is 5.70. The average molecular weight is 289 g/mol. The molecule has 0 atom stereocenters. The van der Waals surface area contributed by atoms with Crippen LogP contribution in [0.15, 0.2) is 4.90 Å². The number of nitrogens with one attached hydrogen (secondary N) is 1. The van der Waals surface area contributed by atoms with Gasteiger partial charge in [0.15, 0.2) is 0 Å². The van der Waals surface area contributed by atoms with Crippen LogP contribution < -0.4 is 0 Å². The van der Waals surface area contributed by atoms with E-state index in [1.165, 1.54) is 4.31 Å². The second-order valence-corrected chi connectivity index (χ2v) is 6.44. The van der Waals surface area contributed by atoms with E-state index in [0.29, 0.717) is 11.4 Å². The number of sulfonamides is 1. The fourth-order valence-electron chi connectivity index (χ4n) is 1.90. The predicted octanol–water partition coefficient (Wildman–Crippen LogP) is 0.900. The van der Waals surface area contributed by atoms with Crippen LogP contribution in [0.2, 0.25) is 0 Å². The number of hydrogen-bond acceptors (Lipinski definition) is 4. The van der Waals surface area contributed by atoms with Crippen molar-refractivity contribution >= 4 is 16.0 Å². The Morgan fingerprint density at radius 2 is 2.00 bits per heavy atom. The molecule has 0 aliphatic carbocycles. The number of aliphatic carboxylic acids is 1. The molecule has 0 saturated heterocycles. The van der Waals surface area contributed by atoms with Gasteiger partial charge >= 0.3 is 5.97 Å². The van der Waals surface area contributed by atoms with E-state index in [2.05, 4.69) is 10.2 Å². The lowest BCUT2D eigenvalue weighted by molar-refractivity contribution is -0.137. The number of aryl methyl sites for hydroxylation is 2. The molecular formula is C11H19N3O4S. The lowest BCUT2D eigenvalue weighted by Crippen LogP contribution is -2.38. The number of rotatable bonds is 6. The van der Waals surface area contributed by atoms with Gasteiger partial charge in [-0.2, -0.15) is 9.40 Å². The summed E-state index contributed by atoms with van der Waals surface area (Å²) in [4.78, 5) is 10.8. The van der Waals surface area contributed by atoms with Gasteiger partial charge in [-0.05, 0) is 27.7 Å². The van der Waals surface area contributed by atoms with Crippen LogP contribution in [0, 0.1) is 13.8 Å². The first kappa shape index (κ1) is 15.6. The summed E-state index contributed by atoms with van der Waals surface area (Å²) < 4.78 is 26.3. The van der Waals surface area contributed by atoms with Gasteiger partial charge in [-0.25, -0.2) is 8.42 Å². The molecule has 0 spiro atoms. The topological polar surface area (TPSA) is 103 Å². The lowest BCUT2D eigenvalue weighted by atomic mass is 10.3. The Labute approximate surface area is 112 Å². The zero-order valence-electron chi connectivity index (χ0n) is 11.5. The quantitative estimate of drug-likeness (QED) is 0.809. The third-order valence-corrected chi connectivity index (χ3v) is 5.09. The minimum Gasteiger partial charge on any atom is -0.481 e. The first-order valence-electron chi connectivity index (χ1n) is 5.93. The van der Waals surface area contributed by atoms with Crippen molar-refractivity contribution in [1.29, 1.82) is 0 Å². The molecule has 0 aliphatic rings.